The van der Waals surface area contributed by atoms with Crippen LogP contribution in [0.25, 0.3) is 0 Å². The molecule has 1 nitrogen and oxygen atoms in total. The predicted molar refractivity (Wildman–Crippen MR) is 122 cm³/mol. The van der Waals surface area contributed by atoms with Crippen LogP contribution in [0.15, 0.2) is 60.8 Å². The standard InChI is InChI=1S/C24H40OS/c1-3-5-6-7-8-9-10-11-12-13-14-15-16-17-18-19-20-21-22-26-24(4-2)23-25/h5-6,8-9,11-12,14-15,17-18,24-25H,3-4,7,10,13,16,19-23H2,1-2H3/b6-5+,9-8+,12-11+,15-14+,18-17+. The molecule has 0 aliphatic heterocycles. The molecule has 0 aromatic rings. The fourth-order valence-corrected chi connectivity index (χ4v) is 3.33. The minimum Gasteiger partial charge on any atom is -0.395 e. The van der Waals surface area contributed by atoms with Crippen molar-refractivity contribution in [2.75, 3.05) is 12.4 Å². The number of hydrogen-bond acceptors (Lipinski definition) is 2. The van der Waals surface area contributed by atoms with Gasteiger partial charge in [-0.25, -0.2) is 0 Å². The summed E-state index contributed by atoms with van der Waals surface area (Å²) in [6.07, 6.45) is 32.4. The predicted octanol–water partition coefficient (Wildman–Crippen LogP) is 7.41. The summed E-state index contributed by atoms with van der Waals surface area (Å²) in [5.74, 6) is 1.17. The van der Waals surface area contributed by atoms with Gasteiger partial charge in [0.05, 0.1) is 6.61 Å². The highest BCUT2D eigenvalue weighted by Gasteiger charge is 2.03. The Morgan fingerprint density at radius 3 is 1.65 bits per heavy atom. The number of thioether (sulfide) groups is 1. The van der Waals surface area contributed by atoms with Gasteiger partial charge in [0, 0.05) is 5.25 Å². The zero-order chi connectivity index (χ0) is 19.1. The molecule has 148 valence electrons. The van der Waals surface area contributed by atoms with Crippen LogP contribution in [0.2, 0.25) is 0 Å². The van der Waals surface area contributed by atoms with Gasteiger partial charge in [0.1, 0.15) is 0 Å². The van der Waals surface area contributed by atoms with E-state index in [1.807, 2.05) is 11.8 Å². The number of aliphatic hydroxyl groups is 1. The van der Waals surface area contributed by atoms with Crippen molar-refractivity contribution in [1.82, 2.24) is 0 Å². The first kappa shape index (κ1) is 25.0. The van der Waals surface area contributed by atoms with Gasteiger partial charge in [0.2, 0.25) is 0 Å². The second kappa shape index (κ2) is 22.1. The highest BCUT2D eigenvalue weighted by Crippen LogP contribution is 2.16. The molecule has 0 saturated carbocycles. The lowest BCUT2D eigenvalue weighted by Gasteiger charge is -2.09. The Kier molecular flexibility index (Phi) is 21.2. The number of unbranched alkanes of at least 4 members (excludes halogenated alkanes) is 2. The van der Waals surface area contributed by atoms with E-state index in [-0.39, 0.29) is 0 Å². The lowest BCUT2D eigenvalue weighted by Crippen LogP contribution is -2.07. The SMILES string of the molecule is CC/C=C/C/C=C/C/C=C/C/C=C/C/C=C/CCCCSC(CC)CO. The van der Waals surface area contributed by atoms with Gasteiger partial charge in [-0.3, -0.25) is 0 Å². The summed E-state index contributed by atoms with van der Waals surface area (Å²) >= 11 is 1.91. The van der Waals surface area contributed by atoms with Crippen LogP contribution in [0.5, 0.6) is 0 Å². The Morgan fingerprint density at radius 1 is 0.692 bits per heavy atom. The quantitative estimate of drug-likeness (QED) is 0.211. The molecule has 0 radical (unpaired) electrons. The zero-order valence-electron chi connectivity index (χ0n) is 17.0. The monoisotopic (exact) mass is 376 g/mol. The van der Waals surface area contributed by atoms with E-state index in [9.17, 15) is 0 Å². The van der Waals surface area contributed by atoms with Crippen LogP contribution in [0.1, 0.15) is 71.6 Å². The van der Waals surface area contributed by atoms with E-state index in [1.165, 1.54) is 25.0 Å². The molecule has 0 fully saturated rings. The summed E-state index contributed by atoms with van der Waals surface area (Å²) in [7, 11) is 0. The fraction of sp³-hybridized carbons (Fsp3) is 0.583. The Bertz CT molecular complexity index is 414. The van der Waals surface area contributed by atoms with Crippen molar-refractivity contribution in [3.8, 4) is 0 Å². The van der Waals surface area contributed by atoms with Crippen LogP contribution < -0.4 is 0 Å². The van der Waals surface area contributed by atoms with Crippen molar-refractivity contribution in [1.29, 1.82) is 0 Å². The molecule has 1 atom stereocenters. The van der Waals surface area contributed by atoms with Gasteiger partial charge >= 0.3 is 0 Å². The Hall–Kier alpha value is -0.990. The van der Waals surface area contributed by atoms with Crippen molar-refractivity contribution in [3.05, 3.63) is 60.8 Å². The van der Waals surface area contributed by atoms with Gasteiger partial charge in [0.25, 0.3) is 0 Å². The van der Waals surface area contributed by atoms with Gasteiger partial charge in [-0.2, -0.15) is 11.8 Å². The van der Waals surface area contributed by atoms with Crippen molar-refractivity contribution in [2.24, 2.45) is 0 Å². The largest absolute Gasteiger partial charge is 0.395 e. The van der Waals surface area contributed by atoms with Gasteiger partial charge < -0.3 is 5.11 Å². The Balaban J connectivity index is 3.45. The molecular weight excluding hydrogens is 336 g/mol. The number of hydrogen-bond donors (Lipinski definition) is 1. The first-order valence-electron chi connectivity index (χ1n) is 10.3. The summed E-state index contributed by atoms with van der Waals surface area (Å²) in [6, 6.07) is 0. The highest BCUT2D eigenvalue weighted by atomic mass is 32.2. The summed E-state index contributed by atoms with van der Waals surface area (Å²) in [4.78, 5) is 0. The first-order chi connectivity index (χ1) is 12.8. The smallest absolute Gasteiger partial charge is 0.0549 e. The molecular formula is C24H40OS. The maximum atomic E-state index is 9.13. The van der Waals surface area contributed by atoms with Crippen molar-refractivity contribution >= 4 is 11.8 Å². The number of allylic oxidation sites excluding steroid dienone is 10. The average molecular weight is 377 g/mol. The van der Waals surface area contributed by atoms with E-state index >= 15 is 0 Å². The molecule has 0 aliphatic rings. The van der Waals surface area contributed by atoms with E-state index in [0.29, 0.717) is 11.9 Å². The molecule has 0 spiro atoms. The lowest BCUT2D eigenvalue weighted by atomic mass is 10.2. The van der Waals surface area contributed by atoms with Crippen LogP contribution in [0.3, 0.4) is 0 Å². The number of rotatable bonds is 17. The molecule has 26 heavy (non-hydrogen) atoms. The van der Waals surface area contributed by atoms with E-state index in [2.05, 4.69) is 74.6 Å². The molecule has 0 amide bonds. The van der Waals surface area contributed by atoms with E-state index in [4.69, 9.17) is 5.11 Å². The van der Waals surface area contributed by atoms with Gasteiger partial charge in [-0.15, -0.1) is 0 Å². The van der Waals surface area contributed by atoms with Crippen LogP contribution in [0.4, 0.5) is 0 Å². The van der Waals surface area contributed by atoms with Crippen molar-refractivity contribution < 1.29 is 5.11 Å². The molecule has 1 N–H and O–H groups in total. The van der Waals surface area contributed by atoms with E-state index in [0.717, 1.165) is 38.5 Å². The molecule has 1 unspecified atom stereocenters. The zero-order valence-corrected chi connectivity index (χ0v) is 17.8. The van der Waals surface area contributed by atoms with Crippen molar-refractivity contribution in [2.45, 2.75) is 76.9 Å². The van der Waals surface area contributed by atoms with Gasteiger partial charge in [-0.1, -0.05) is 74.6 Å². The summed E-state index contributed by atoms with van der Waals surface area (Å²) in [6.45, 7) is 4.62. The topological polar surface area (TPSA) is 20.2 Å². The van der Waals surface area contributed by atoms with Crippen LogP contribution in [0, 0.1) is 0 Å². The third-order valence-corrected chi connectivity index (χ3v) is 5.41. The molecule has 0 aromatic carbocycles. The summed E-state index contributed by atoms with van der Waals surface area (Å²) in [5, 5.41) is 9.56. The average Bonchev–Trinajstić information content (AvgIpc) is 2.66. The van der Waals surface area contributed by atoms with Crippen LogP contribution >= 0.6 is 11.8 Å². The maximum absolute atomic E-state index is 9.13. The Labute approximate surface area is 167 Å². The van der Waals surface area contributed by atoms with Crippen LogP contribution in [-0.2, 0) is 0 Å². The molecule has 0 aliphatic carbocycles. The minimum absolute atomic E-state index is 0.315. The lowest BCUT2D eigenvalue weighted by molar-refractivity contribution is 0.292. The molecule has 0 heterocycles. The third-order valence-electron chi connectivity index (χ3n) is 3.94. The minimum atomic E-state index is 0.315. The highest BCUT2D eigenvalue weighted by molar-refractivity contribution is 7.99. The molecule has 2 heteroatoms. The first-order valence-corrected chi connectivity index (χ1v) is 11.4. The van der Waals surface area contributed by atoms with E-state index in [1.54, 1.807) is 0 Å². The molecule has 0 rings (SSSR count). The number of aliphatic hydroxyl groups excluding tert-OH is 1. The summed E-state index contributed by atoms with van der Waals surface area (Å²) in [5.41, 5.74) is 0. The van der Waals surface area contributed by atoms with Gasteiger partial charge in [0.15, 0.2) is 0 Å². The second-order valence-electron chi connectivity index (χ2n) is 6.29. The fourth-order valence-electron chi connectivity index (χ4n) is 2.28. The van der Waals surface area contributed by atoms with Crippen molar-refractivity contribution in [3.63, 3.8) is 0 Å². The molecule has 0 bridgehead atoms. The molecule has 0 aromatic heterocycles. The van der Waals surface area contributed by atoms with Gasteiger partial charge in [-0.05, 0) is 63.5 Å². The summed E-state index contributed by atoms with van der Waals surface area (Å²) < 4.78 is 0. The third kappa shape index (κ3) is 19.3. The molecule has 0 saturated heterocycles. The normalized spacial score (nSPS) is 14.1. The van der Waals surface area contributed by atoms with Crippen LogP contribution in [-0.4, -0.2) is 22.7 Å². The second-order valence-corrected chi connectivity index (χ2v) is 7.70. The van der Waals surface area contributed by atoms with E-state index < -0.39 is 0 Å². The Morgan fingerprint density at radius 2 is 1.19 bits per heavy atom. The maximum Gasteiger partial charge on any atom is 0.0549 e.